The molecule has 1 aromatic carbocycles. The number of halogens is 1. The van der Waals surface area contributed by atoms with Gasteiger partial charge >= 0.3 is 0 Å². The highest BCUT2D eigenvalue weighted by Gasteiger charge is 2.28. The maximum absolute atomic E-state index is 12.2. The molecule has 0 unspecified atom stereocenters. The normalized spacial score (nSPS) is 19.8. The summed E-state index contributed by atoms with van der Waals surface area (Å²) in [4.78, 5) is 12.2. The third-order valence-corrected chi connectivity index (χ3v) is 6.13. The van der Waals surface area contributed by atoms with Gasteiger partial charge in [0.15, 0.2) is 0 Å². The first-order valence-electron chi connectivity index (χ1n) is 7.57. The first kappa shape index (κ1) is 18.0. The summed E-state index contributed by atoms with van der Waals surface area (Å²) >= 11 is 0. The average Bonchev–Trinajstić information content (AvgIpc) is 2.76. The molecule has 2 aliphatic rings. The van der Waals surface area contributed by atoms with Crippen LogP contribution >= 0.6 is 12.4 Å². The summed E-state index contributed by atoms with van der Waals surface area (Å²) < 4.78 is 25.3. The average molecular weight is 360 g/mol. The van der Waals surface area contributed by atoms with Crippen molar-refractivity contribution in [3.8, 4) is 0 Å². The van der Waals surface area contributed by atoms with Gasteiger partial charge in [0, 0.05) is 37.7 Å². The van der Waals surface area contributed by atoms with Gasteiger partial charge in [0.1, 0.15) is 0 Å². The van der Waals surface area contributed by atoms with Crippen LogP contribution in [0.5, 0.6) is 0 Å². The van der Waals surface area contributed by atoms with Crippen molar-refractivity contribution in [1.29, 1.82) is 0 Å². The zero-order valence-corrected chi connectivity index (χ0v) is 14.7. The predicted octanol–water partition coefficient (Wildman–Crippen LogP) is 0.906. The molecule has 0 radical (unpaired) electrons. The Labute approximate surface area is 143 Å². The van der Waals surface area contributed by atoms with Crippen LogP contribution in [0.4, 0.5) is 5.69 Å². The van der Waals surface area contributed by atoms with Crippen molar-refractivity contribution < 1.29 is 13.2 Å². The fraction of sp³-hybridized carbons (Fsp3) is 0.533. The SMILES string of the molecule is Cc1cc(N2CCCS2(=O)=O)ccc1C(=O)NCC1CNC1.Cl. The lowest BCUT2D eigenvalue weighted by atomic mass is 10.0. The molecule has 3 rings (SSSR count). The number of rotatable bonds is 4. The third-order valence-electron chi connectivity index (χ3n) is 4.26. The molecule has 128 valence electrons. The number of carbonyl (C=O) groups excluding carboxylic acids is 1. The monoisotopic (exact) mass is 359 g/mol. The highest BCUT2D eigenvalue weighted by molar-refractivity contribution is 7.93. The van der Waals surface area contributed by atoms with Gasteiger partial charge in [0.05, 0.1) is 11.4 Å². The third kappa shape index (κ3) is 3.79. The molecule has 6 nitrogen and oxygen atoms in total. The Morgan fingerprint density at radius 1 is 1.39 bits per heavy atom. The molecule has 2 heterocycles. The number of anilines is 1. The number of sulfonamides is 1. The van der Waals surface area contributed by atoms with Crippen molar-refractivity contribution in [3.63, 3.8) is 0 Å². The van der Waals surface area contributed by atoms with Gasteiger partial charge in [-0.1, -0.05) is 0 Å². The Kier molecular flexibility index (Phi) is 5.54. The van der Waals surface area contributed by atoms with Crippen LogP contribution < -0.4 is 14.9 Å². The molecule has 0 atom stereocenters. The summed E-state index contributed by atoms with van der Waals surface area (Å²) in [5.74, 6) is 0.613. The Morgan fingerprint density at radius 3 is 2.65 bits per heavy atom. The molecule has 2 aliphatic heterocycles. The van der Waals surface area contributed by atoms with E-state index in [1.54, 1.807) is 18.2 Å². The van der Waals surface area contributed by atoms with E-state index in [0.717, 1.165) is 18.7 Å². The zero-order chi connectivity index (χ0) is 15.7. The van der Waals surface area contributed by atoms with E-state index >= 15 is 0 Å². The molecule has 2 saturated heterocycles. The smallest absolute Gasteiger partial charge is 0.251 e. The van der Waals surface area contributed by atoms with Crippen LogP contribution in [0.2, 0.25) is 0 Å². The minimum atomic E-state index is -3.18. The summed E-state index contributed by atoms with van der Waals surface area (Å²) in [5, 5.41) is 6.10. The Hall–Kier alpha value is -1.31. The number of hydrogen-bond acceptors (Lipinski definition) is 4. The van der Waals surface area contributed by atoms with Crippen LogP contribution in [0.15, 0.2) is 18.2 Å². The van der Waals surface area contributed by atoms with Gasteiger partial charge in [-0.3, -0.25) is 9.10 Å². The van der Waals surface area contributed by atoms with Gasteiger partial charge < -0.3 is 10.6 Å². The van der Waals surface area contributed by atoms with Gasteiger partial charge in [0.25, 0.3) is 5.91 Å². The Balaban J connectivity index is 0.00000192. The van der Waals surface area contributed by atoms with Crippen LogP contribution in [-0.2, 0) is 10.0 Å². The summed E-state index contributed by atoms with van der Waals surface area (Å²) in [5.41, 5.74) is 2.05. The van der Waals surface area contributed by atoms with Crippen LogP contribution in [0.25, 0.3) is 0 Å². The van der Waals surface area contributed by atoms with E-state index in [0.29, 0.717) is 36.7 Å². The predicted molar refractivity (Wildman–Crippen MR) is 92.9 cm³/mol. The highest BCUT2D eigenvalue weighted by Crippen LogP contribution is 2.26. The largest absolute Gasteiger partial charge is 0.352 e. The summed E-state index contributed by atoms with van der Waals surface area (Å²) in [6.07, 6.45) is 0.652. The summed E-state index contributed by atoms with van der Waals surface area (Å²) in [6.45, 7) is 4.93. The highest BCUT2D eigenvalue weighted by atomic mass is 35.5. The maximum atomic E-state index is 12.2. The number of nitrogens with zero attached hydrogens (tertiary/aromatic N) is 1. The van der Waals surface area contributed by atoms with Crippen LogP contribution in [0.1, 0.15) is 22.3 Å². The van der Waals surface area contributed by atoms with Crippen molar-refractivity contribution in [2.24, 2.45) is 5.92 Å². The van der Waals surface area contributed by atoms with Crippen molar-refractivity contribution in [1.82, 2.24) is 10.6 Å². The van der Waals surface area contributed by atoms with E-state index in [9.17, 15) is 13.2 Å². The van der Waals surface area contributed by atoms with E-state index in [1.165, 1.54) is 4.31 Å². The first-order chi connectivity index (χ1) is 10.5. The molecule has 0 aromatic heterocycles. The Morgan fingerprint density at radius 2 is 2.13 bits per heavy atom. The molecule has 0 saturated carbocycles. The summed E-state index contributed by atoms with van der Waals surface area (Å²) in [6, 6.07) is 5.21. The standard InChI is InChI=1S/C15H21N3O3S.ClH/c1-11-7-13(18-5-2-6-22(18,20)21)3-4-14(11)15(19)17-10-12-8-16-9-12;/h3-4,7,12,16H,2,5-6,8-10H2,1H3,(H,17,19);1H. The number of carbonyl (C=O) groups is 1. The van der Waals surface area contributed by atoms with Crippen molar-refractivity contribution in [2.75, 3.05) is 36.2 Å². The van der Waals surface area contributed by atoms with Crippen molar-refractivity contribution in [2.45, 2.75) is 13.3 Å². The molecule has 2 fully saturated rings. The van der Waals surface area contributed by atoms with E-state index in [2.05, 4.69) is 10.6 Å². The van der Waals surface area contributed by atoms with Gasteiger partial charge in [-0.25, -0.2) is 8.42 Å². The second-order valence-corrected chi connectivity index (χ2v) is 7.99. The first-order valence-corrected chi connectivity index (χ1v) is 9.18. The molecule has 23 heavy (non-hydrogen) atoms. The fourth-order valence-corrected chi connectivity index (χ4v) is 4.37. The van der Waals surface area contributed by atoms with Crippen molar-refractivity contribution >= 4 is 34.0 Å². The second-order valence-electron chi connectivity index (χ2n) is 5.98. The number of benzene rings is 1. The Bertz CT molecular complexity index is 689. The van der Waals surface area contributed by atoms with Gasteiger partial charge in [-0.2, -0.15) is 0 Å². The van der Waals surface area contributed by atoms with Crippen LogP contribution in [0, 0.1) is 12.8 Å². The molecular formula is C15H22ClN3O3S. The minimum Gasteiger partial charge on any atom is -0.352 e. The van der Waals surface area contributed by atoms with Gasteiger partial charge in [0.2, 0.25) is 10.0 Å². The quantitative estimate of drug-likeness (QED) is 0.837. The molecule has 0 bridgehead atoms. The fourth-order valence-electron chi connectivity index (χ4n) is 2.81. The van der Waals surface area contributed by atoms with Gasteiger partial charge in [-0.05, 0) is 37.1 Å². The number of amides is 1. The zero-order valence-electron chi connectivity index (χ0n) is 13.0. The van der Waals surface area contributed by atoms with E-state index in [4.69, 9.17) is 0 Å². The topological polar surface area (TPSA) is 78.5 Å². The van der Waals surface area contributed by atoms with Gasteiger partial charge in [-0.15, -0.1) is 12.4 Å². The molecular weight excluding hydrogens is 338 g/mol. The molecule has 0 spiro atoms. The van der Waals surface area contributed by atoms with E-state index < -0.39 is 10.0 Å². The van der Waals surface area contributed by atoms with Crippen LogP contribution in [-0.4, -0.2) is 46.3 Å². The second kappa shape index (κ2) is 7.07. The van der Waals surface area contributed by atoms with E-state index in [1.807, 2.05) is 6.92 Å². The van der Waals surface area contributed by atoms with E-state index in [-0.39, 0.29) is 24.1 Å². The maximum Gasteiger partial charge on any atom is 0.251 e. The van der Waals surface area contributed by atoms with Crippen LogP contribution in [0.3, 0.4) is 0 Å². The minimum absolute atomic E-state index is 0. The molecule has 2 N–H and O–H groups in total. The lowest BCUT2D eigenvalue weighted by Crippen LogP contribution is -2.48. The number of nitrogens with one attached hydrogen (secondary N) is 2. The summed E-state index contributed by atoms with van der Waals surface area (Å²) in [7, 11) is -3.18. The molecule has 1 aromatic rings. The molecule has 8 heteroatoms. The molecule has 1 amide bonds. The molecule has 0 aliphatic carbocycles. The number of hydrogen-bond donors (Lipinski definition) is 2. The lowest BCUT2D eigenvalue weighted by Gasteiger charge is -2.27. The number of aryl methyl sites for hydroxylation is 1. The lowest BCUT2D eigenvalue weighted by molar-refractivity contribution is 0.0941. The van der Waals surface area contributed by atoms with Crippen molar-refractivity contribution in [3.05, 3.63) is 29.3 Å².